The molecule has 2 atom stereocenters. The monoisotopic (exact) mass is 432 g/mol. The lowest BCUT2D eigenvalue weighted by atomic mass is 10.0. The van der Waals surface area contributed by atoms with E-state index in [2.05, 4.69) is 15.6 Å². The molecule has 1 aromatic carbocycles. The van der Waals surface area contributed by atoms with Crippen molar-refractivity contribution in [3.05, 3.63) is 36.0 Å². The van der Waals surface area contributed by atoms with Crippen LogP contribution in [0.15, 0.2) is 30.5 Å². The number of alkyl carbamates (subject to hydrolysis) is 1. The van der Waals surface area contributed by atoms with E-state index in [1.165, 1.54) is 0 Å². The van der Waals surface area contributed by atoms with Gasteiger partial charge in [0.05, 0.1) is 0 Å². The zero-order valence-corrected chi connectivity index (χ0v) is 18.2. The lowest BCUT2D eigenvalue weighted by Gasteiger charge is -2.24. The average Bonchev–Trinajstić information content (AvgIpc) is 3.08. The molecule has 0 saturated carbocycles. The molecule has 0 aliphatic rings. The Bertz CT molecular complexity index is 903. The number of hydrogen-bond acceptors (Lipinski definition) is 5. The molecule has 2 aromatic rings. The Hall–Kier alpha value is -3.07. The lowest BCUT2D eigenvalue weighted by Crippen LogP contribution is -2.53. The third kappa shape index (κ3) is 7.60. The van der Waals surface area contributed by atoms with Crippen molar-refractivity contribution in [1.29, 1.82) is 0 Å². The molecule has 0 aliphatic heterocycles. The number of aromatic amines is 1. The molecule has 1 heterocycles. The third-order valence-electron chi connectivity index (χ3n) is 4.67. The van der Waals surface area contributed by atoms with Crippen LogP contribution < -0.4 is 16.4 Å². The highest BCUT2D eigenvalue weighted by molar-refractivity contribution is 5.90. The second-order valence-corrected chi connectivity index (χ2v) is 8.45. The van der Waals surface area contributed by atoms with Crippen molar-refractivity contribution >= 4 is 28.9 Å². The molecule has 0 spiro atoms. The number of carbonyl (C=O) groups excluding carboxylic acids is 2. The van der Waals surface area contributed by atoms with Crippen molar-refractivity contribution in [2.45, 2.75) is 64.1 Å². The van der Waals surface area contributed by atoms with Gasteiger partial charge < -0.3 is 31.2 Å². The Balaban J connectivity index is 2.20. The molecule has 9 nitrogen and oxygen atoms in total. The van der Waals surface area contributed by atoms with Gasteiger partial charge in [0.2, 0.25) is 5.91 Å². The summed E-state index contributed by atoms with van der Waals surface area (Å²) in [5.74, 6) is -1.72. The highest BCUT2D eigenvalue weighted by Crippen LogP contribution is 2.19. The van der Waals surface area contributed by atoms with E-state index in [1.54, 1.807) is 27.0 Å². The Morgan fingerprint density at radius 3 is 2.48 bits per heavy atom. The van der Waals surface area contributed by atoms with Crippen LogP contribution in [0.5, 0.6) is 0 Å². The SMILES string of the molecule is CC(C)(C)OC(=O)N[C@@H](Cc1c[nH]c2ccccc12)C(=O)N[C@@H](CCCCN)C(=O)O. The summed E-state index contributed by atoms with van der Waals surface area (Å²) in [6, 6.07) is 5.53. The number of carboxylic acids is 1. The first-order chi connectivity index (χ1) is 14.6. The summed E-state index contributed by atoms with van der Waals surface area (Å²) in [6.45, 7) is 5.61. The molecule has 0 radical (unpaired) electrons. The molecule has 0 unspecified atom stereocenters. The predicted octanol–water partition coefficient (Wildman–Crippen LogP) is 2.30. The molecule has 170 valence electrons. The molecule has 31 heavy (non-hydrogen) atoms. The van der Waals surface area contributed by atoms with Gasteiger partial charge in [0.15, 0.2) is 0 Å². The lowest BCUT2D eigenvalue weighted by molar-refractivity contribution is -0.142. The smallest absolute Gasteiger partial charge is 0.408 e. The van der Waals surface area contributed by atoms with Gasteiger partial charge in [-0.25, -0.2) is 9.59 Å². The van der Waals surface area contributed by atoms with E-state index in [4.69, 9.17) is 10.5 Å². The number of fused-ring (bicyclic) bond motifs is 1. The van der Waals surface area contributed by atoms with Crippen LogP contribution in [0.1, 0.15) is 45.6 Å². The molecule has 0 fully saturated rings. The summed E-state index contributed by atoms with van der Waals surface area (Å²) in [7, 11) is 0. The van der Waals surface area contributed by atoms with Gasteiger partial charge in [0.1, 0.15) is 17.7 Å². The zero-order valence-electron chi connectivity index (χ0n) is 18.2. The second-order valence-electron chi connectivity index (χ2n) is 8.45. The summed E-state index contributed by atoms with van der Waals surface area (Å²) in [5.41, 5.74) is 6.45. The van der Waals surface area contributed by atoms with Gasteiger partial charge in [-0.15, -0.1) is 0 Å². The van der Waals surface area contributed by atoms with Crippen molar-refractivity contribution in [2.24, 2.45) is 5.73 Å². The van der Waals surface area contributed by atoms with Crippen LogP contribution in [0.2, 0.25) is 0 Å². The standard InChI is InChI=1S/C22H32N4O5/c1-22(2,3)31-21(30)26-18(12-14-13-24-16-9-5-4-8-15(14)16)19(27)25-17(20(28)29)10-6-7-11-23/h4-5,8-9,13,17-18,24H,6-7,10-12,23H2,1-3H3,(H,25,27)(H,26,30)(H,28,29)/t17-,18-/m0/s1. The van der Waals surface area contributed by atoms with E-state index in [0.717, 1.165) is 16.5 Å². The van der Waals surface area contributed by atoms with Crippen molar-refractivity contribution in [3.63, 3.8) is 0 Å². The van der Waals surface area contributed by atoms with Crippen LogP contribution in [0.3, 0.4) is 0 Å². The minimum absolute atomic E-state index is 0.171. The number of carboxylic acid groups (broad SMARTS) is 1. The maximum atomic E-state index is 13.0. The first-order valence-electron chi connectivity index (χ1n) is 10.4. The van der Waals surface area contributed by atoms with Crippen LogP contribution in [0.4, 0.5) is 4.79 Å². The number of ether oxygens (including phenoxy) is 1. The number of carbonyl (C=O) groups is 3. The van der Waals surface area contributed by atoms with Gasteiger partial charge in [-0.1, -0.05) is 18.2 Å². The molecule has 1 aromatic heterocycles. The highest BCUT2D eigenvalue weighted by atomic mass is 16.6. The number of benzene rings is 1. The Morgan fingerprint density at radius 1 is 1.13 bits per heavy atom. The van der Waals surface area contributed by atoms with Crippen LogP contribution in [-0.4, -0.2) is 52.3 Å². The first-order valence-corrected chi connectivity index (χ1v) is 10.4. The highest BCUT2D eigenvalue weighted by Gasteiger charge is 2.29. The molecule has 9 heteroatoms. The number of rotatable bonds is 10. The number of nitrogens with one attached hydrogen (secondary N) is 3. The molecule has 2 rings (SSSR count). The van der Waals surface area contributed by atoms with E-state index < -0.39 is 35.7 Å². The van der Waals surface area contributed by atoms with Gasteiger partial charge >= 0.3 is 12.1 Å². The zero-order chi connectivity index (χ0) is 23.0. The number of hydrogen-bond donors (Lipinski definition) is 5. The fourth-order valence-corrected chi connectivity index (χ4v) is 3.20. The first kappa shape index (κ1) is 24.2. The summed E-state index contributed by atoms with van der Waals surface area (Å²) in [5, 5.41) is 15.5. The fourth-order valence-electron chi connectivity index (χ4n) is 3.20. The van der Waals surface area contributed by atoms with Crippen LogP contribution >= 0.6 is 0 Å². The molecule has 2 amide bonds. The van der Waals surface area contributed by atoms with Crippen LogP contribution in [0.25, 0.3) is 10.9 Å². The molecular formula is C22H32N4O5. The molecular weight excluding hydrogens is 400 g/mol. The largest absolute Gasteiger partial charge is 0.480 e. The van der Waals surface area contributed by atoms with Crippen molar-refractivity contribution in [3.8, 4) is 0 Å². The van der Waals surface area contributed by atoms with Crippen LogP contribution in [0, 0.1) is 0 Å². The molecule has 6 N–H and O–H groups in total. The van der Waals surface area contributed by atoms with Crippen LogP contribution in [-0.2, 0) is 20.7 Å². The number of nitrogens with two attached hydrogens (primary N) is 1. The molecule has 0 bridgehead atoms. The molecule has 0 saturated heterocycles. The summed E-state index contributed by atoms with van der Waals surface area (Å²) < 4.78 is 5.29. The number of H-pyrrole nitrogens is 1. The number of unbranched alkanes of at least 4 members (excludes halogenated alkanes) is 1. The van der Waals surface area contributed by atoms with Gasteiger partial charge in [0, 0.05) is 23.5 Å². The van der Waals surface area contributed by atoms with Gasteiger partial charge in [0.25, 0.3) is 0 Å². The molecule has 0 aliphatic carbocycles. The number of aromatic nitrogens is 1. The van der Waals surface area contributed by atoms with E-state index in [9.17, 15) is 19.5 Å². The van der Waals surface area contributed by atoms with Gasteiger partial charge in [-0.3, -0.25) is 4.79 Å². The minimum atomic E-state index is -1.13. The van der Waals surface area contributed by atoms with Gasteiger partial charge in [-0.2, -0.15) is 0 Å². The minimum Gasteiger partial charge on any atom is -0.480 e. The quantitative estimate of drug-likeness (QED) is 0.364. The maximum absolute atomic E-state index is 13.0. The maximum Gasteiger partial charge on any atom is 0.408 e. The van der Waals surface area contributed by atoms with E-state index in [-0.39, 0.29) is 12.8 Å². The number of amides is 2. The number of para-hydroxylation sites is 1. The van der Waals surface area contributed by atoms with Crippen molar-refractivity contribution < 1.29 is 24.2 Å². The summed E-state index contributed by atoms with van der Waals surface area (Å²) in [4.78, 5) is 40.0. The average molecular weight is 433 g/mol. The number of aliphatic carboxylic acids is 1. The van der Waals surface area contributed by atoms with E-state index in [0.29, 0.717) is 19.4 Å². The normalized spacial score (nSPS) is 13.4. The summed E-state index contributed by atoms with van der Waals surface area (Å²) in [6.07, 6.45) is 2.68. The second kappa shape index (κ2) is 10.8. The summed E-state index contributed by atoms with van der Waals surface area (Å²) >= 11 is 0. The van der Waals surface area contributed by atoms with E-state index >= 15 is 0 Å². The topological polar surface area (TPSA) is 147 Å². The van der Waals surface area contributed by atoms with Crippen molar-refractivity contribution in [2.75, 3.05) is 6.54 Å². The van der Waals surface area contributed by atoms with E-state index in [1.807, 2.05) is 24.3 Å². The van der Waals surface area contributed by atoms with Gasteiger partial charge in [-0.05, 0) is 58.2 Å². The third-order valence-corrected chi connectivity index (χ3v) is 4.67. The Morgan fingerprint density at radius 2 is 1.84 bits per heavy atom. The van der Waals surface area contributed by atoms with Crippen molar-refractivity contribution in [1.82, 2.24) is 15.6 Å². The fraction of sp³-hybridized carbons (Fsp3) is 0.500. The Kier molecular flexibility index (Phi) is 8.44. The Labute approximate surface area is 181 Å². The predicted molar refractivity (Wildman–Crippen MR) is 118 cm³/mol.